The predicted molar refractivity (Wildman–Crippen MR) is 116 cm³/mol. The fraction of sp³-hybridized carbons (Fsp3) is 0.227. The van der Waals surface area contributed by atoms with Gasteiger partial charge in [-0.05, 0) is 42.5 Å². The number of methoxy groups -OCH3 is 1. The number of carbonyl (C=O) groups is 1. The van der Waals surface area contributed by atoms with Crippen molar-refractivity contribution in [3.05, 3.63) is 81.6 Å². The van der Waals surface area contributed by atoms with Crippen LogP contribution in [0.25, 0.3) is 5.69 Å². The summed E-state index contributed by atoms with van der Waals surface area (Å²) in [5, 5.41) is 5.11. The van der Waals surface area contributed by atoms with Crippen LogP contribution in [0.15, 0.2) is 65.5 Å². The number of hydrogen-bond acceptors (Lipinski definition) is 5. The number of anilines is 1. The number of aromatic nitrogens is 2. The van der Waals surface area contributed by atoms with Crippen molar-refractivity contribution in [3.8, 4) is 11.4 Å². The molecule has 3 aromatic rings. The van der Waals surface area contributed by atoms with Gasteiger partial charge < -0.3 is 14.5 Å². The Morgan fingerprint density at radius 1 is 0.967 bits per heavy atom. The molecule has 30 heavy (non-hydrogen) atoms. The molecule has 0 saturated carbocycles. The number of ether oxygens (including phenoxy) is 1. The maximum absolute atomic E-state index is 12.9. The molecule has 0 aliphatic carbocycles. The van der Waals surface area contributed by atoms with Gasteiger partial charge in [0.25, 0.3) is 11.5 Å². The van der Waals surface area contributed by atoms with Crippen LogP contribution in [-0.2, 0) is 0 Å². The Labute approximate surface area is 179 Å². The van der Waals surface area contributed by atoms with Crippen LogP contribution in [0.1, 0.15) is 10.4 Å². The minimum atomic E-state index is -0.217. The van der Waals surface area contributed by atoms with Crippen LogP contribution in [0.3, 0.4) is 0 Å². The van der Waals surface area contributed by atoms with Gasteiger partial charge in [-0.1, -0.05) is 23.7 Å². The maximum Gasteiger partial charge on any atom is 0.271 e. The molecule has 1 aliphatic rings. The Kier molecular flexibility index (Phi) is 5.72. The molecular weight excluding hydrogens is 404 g/mol. The van der Waals surface area contributed by atoms with Crippen LogP contribution in [-0.4, -0.2) is 53.9 Å². The lowest BCUT2D eigenvalue weighted by molar-refractivity contribution is 0.0743. The minimum absolute atomic E-state index is 0.0498. The van der Waals surface area contributed by atoms with E-state index in [1.165, 1.54) is 10.7 Å². The fourth-order valence-corrected chi connectivity index (χ4v) is 3.59. The van der Waals surface area contributed by atoms with E-state index in [0.29, 0.717) is 54.0 Å². The van der Waals surface area contributed by atoms with Gasteiger partial charge in [-0.15, -0.1) is 5.10 Å². The average Bonchev–Trinajstić information content (AvgIpc) is 2.80. The third-order valence-corrected chi connectivity index (χ3v) is 5.34. The van der Waals surface area contributed by atoms with Crippen molar-refractivity contribution in [2.24, 2.45) is 0 Å². The quantitative estimate of drug-likeness (QED) is 0.644. The Balaban J connectivity index is 1.49. The maximum atomic E-state index is 12.9. The molecule has 1 aliphatic heterocycles. The average molecular weight is 425 g/mol. The van der Waals surface area contributed by atoms with Gasteiger partial charge in [-0.3, -0.25) is 9.59 Å². The molecule has 2 heterocycles. The lowest BCUT2D eigenvalue weighted by Crippen LogP contribution is -2.49. The summed E-state index contributed by atoms with van der Waals surface area (Å²) in [7, 11) is 1.56. The van der Waals surface area contributed by atoms with E-state index in [9.17, 15) is 9.59 Å². The largest absolute Gasteiger partial charge is 0.496 e. The second-order valence-electron chi connectivity index (χ2n) is 6.90. The molecule has 0 spiro atoms. The SMILES string of the molecule is COc1ccccc1C(=O)N1CCN(c2ccc(=O)n(-c3ccc(Cl)cc3)n2)CC1. The molecule has 1 amide bonds. The van der Waals surface area contributed by atoms with E-state index in [4.69, 9.17) is 16.3 Å². The molecule has 0 N–H and O–H groups in total. The summed E-state index contributed by atoms with van der Waals surface area (Å²) in [6, 6.07) is 17.4. The summed E-state index contributed by atoms with van der Waals surface area (Å²) in [6.45, 7) is 2.34. The highest BCUT2D eigenvalue weighted by Gasteiger charge is 2.25. The summed E-state index contributed by atoms with van der Waals surface area (Å²) in [4.78, 5) is 29.0. The first-order chi connectivity index (χ1) is 14.6. The molecule has 1 saturated heterocycles. The van der Waals surface area contributed by atoms with E-state index in [0.717, 1.165) is 0 Å². The van der Waals surface area contributed by atoms with Crippen LogP contribution in [0, 0.1) is 0 Å². The molecule has 0 bridgehead atoms. The molecule has 0 atom stereocenters. The van der Waals surface area contributed by atoms with E-state index in [1.807, 2.05) is 17.0 Å². The zero-order valence-corrected chi connectivity index (χ0v) is 17.2. The number of piperazine rings is 1. The third kappa shape index (κ3) is 4.02. The highest BCUT2D eigenvalue weighted by atomic mass is 35.5. The van der Waals surface area contributed by atoms with Gasteiger partial charge in [0.1, 0.15) is 11.6 Å². The molecule has 4 rings (SSSR count). The second kappa shape index (κ2) is 8.59. The summed E-state index contributed by atoms with van der Waals surface area (Å²) in [5.74, 6) is 1.21. The first kappa shape index (κ1) is 20.0. The van der Waals surface area contributed by atoms with Crippen LogP contribution >= 0.6 is 11.6 Å². The Hall–Kier alpha value is -3.32. The van der Waals surface area contributed by atoms with Gasteiger partial charge in [0, 0.05) is 37.3 Å². The van der Waals surface area contributed by atoms with Crippen molar-refractivity contribution in [1.29, 1.82) is 0 Å². The molecule has 1 aromatic heterocycles. The van der Waals surface area contributed by atoms with Gasteiger partial charge >= 0.3 is 0 Å². The predicted octanol–water partition coefficient (Wildman–Crippen LogP) is 2.86. The van der Waals surface area contributed by atoms with Crippen molar-refractivity contribution in [1.82, 2.24) is 14.7 Å². The van der Waals surface area contributed by atoms with Crippen molar-refractivity contribution in [3.63, 3.8) is 0 Å². The zero-order chi connectivity index (χ0) is 21.1. The monoisotopic (exact) mass is 424 g/mol. The summed E-state index contributed by atoms with van der Waals surface area (Å²) < 4.78 is 6.67. The number of benzene rings is 2. The number of amides is 1. The van der Waals surface area contributed by atoms with Crippen molar-refractivity contribution >= 4 is 23.3 Å². The highest BCUT2D eigenvalue weighted by Crippen LogP contribution is 2.21. The number of rotatable bonds is 4. The van der Waals surface area contributed by atoms with Crippen molar-refractivity contribution in [2.75, 3.05) is 38.2 Å². The molecule has 0 unspecified atom stereocenters. The van der Waals surface area contributed by atoms with Crippen LogP contribution in [0.4, 0.5) is 5.82 Å². The van der Waals surface area contributed by atoms with Crippen molar-refractivity contribution in [2.45, 2.75) is 0 Å². The highest BCUT2D eigenvalue weighted by molar-refractivity contribution is 6.30. The molecule has 1 fully saturated rings. The molecule has 0 radical (unpaired) electrons. The number of carbonyl (C=O) groups excluding carboxylic acids is 1. The number of hydrogen-bond donors (Lipinski definition) is 0. The van der Waals surface area contributed by atoms with E-state index in [1.54, 1.807) is 49.6 Å². The molecule has 7 nitrogen and oxygen atoms in total. The third-order valence-electron chi connectivity index (χ3n) is 5.09. The van der Waals surface area contributed by atoms with Gasteiger partial charge in [-0.2, -0.15) is 4.68 Å². The Morgan fingerprint density at radius 2 is 1.67 bits per heavy atom. The molecular formula is C22H21ClN4O3. The first-order valence-corrected chi connectivity index (χ1v) is 9.98. The number of halogens is 1. The minimum Gasteiger partial charge on any atom is -0.496 e. The van der Waals surface area contributed by atoms with E-state index >= 15 is 0 Å². The number of para-hydroxylation sites is 1. The van der Waals surface area contributed by atoms with E-state index < -0.39 is 0 Å². The summed E-state index contributed by atoms with van der Waals surface area (Å²) in [6.07, 6.45) is 0. The van der Waals surface area contributed by atoms with Gasteiger partial charge in [-0.25, -0.2) is 0 Å². The Morgan fingerprint density at radius 3 is 2.37 bits per heavy atom. The standard InChI is InChI=1S/C22H21ClN4O3/c1-30-19-5-3-2-4-18(19)22(29)26-14-12-25(13-15-26)20-10-11-21(28)27(24-20)17-8-6-16(23)7-9-17/h2-11H,12-15H2,1H3. The summed E-state index contributed by atoms with van der Waals surface area (Å²) in [5.41, 5.74) is 0.991. The molecule has 8 heteroatoms. The van der Waals surface area contributed by atoms with Gasteiger partial charge in [0.15, 0.2) is 0 Å². The Bertz CT molecular complexity index is 1110. The number of nitrogens with zero attached hydrogens (tertiary/aromatic N) is 4. The lowest BCUT2D eigenvalue weighted by Gasteiger charge is -2.35. The topological polar surface area (TPSA) is 67.7 Å². The van der Waals surface area contributed by atoms with Crippen LogP contribution < -0.4 is 15.2 Å². The van der Waals surface area contributed by atoms with Gasteiger partial charge in [0.05, 0.1) is 18.4 Å². The molecule has 2 aromatic carbocycles. The fourth-order valence-electron chi connectivity index (χ4n) is 3.47. The zero-order valence-electron chi connectivity index (χ0n) is 16.5. The van der Waals surface area contributed by atoms with E-state index in [-0.39, 0.29) is 11.5 Å². The second-order valence-corrected chi connectivity index (χ2v) is 7.33. The molecule has 154 valence electrons. The summed E-state index contributed by atoms with van der Waals surface area (Å²) >= 11 is 5.94. The van der Waals surface area contributed by atoms with Crippen LogP contribution in [0.5, 0.6) is 5.75 Å². The normalized spacial score (nSPS) is 13.9. The first-order valence-electron chi connectivity index (χ1n) is 9.60. The smallest absolute Gasteiger partial charge is 0.271 e. The van der Waals surface area contributed by atoms with Crippen molar-refractivity contribution < 1.29 is 9.53 Å². The lowest BCUT2D eigenvalue weighted by atomic mass is 10.1. The van der Waals surface area contributed by atoms with E-state index in [2.05, 4.69) is 10.00 Å². The van der Waals surface area contributed by atoms with Crippen LogP contribution in [0.2, 0.25) is 5.02 Å². The van der Waals surface area contributed by atoms with Gasteiger partial charge in [0.2, 0.25) is 0 Å².